The van der Waals surface area contributed by atoms with E-state index in [4.69, 9.17) is 30.3 Å². The molecule has 0 saturated carbocycles. The average molecular weight is 1350 g/mol. The molecule has 0 spiro atoms. The van der Waals surface area contributed by atoms with Gasteiger partial charge < -0.3 is 50.2 Å². The van der Waals surface area contributed by atoms with Gasteiger partial charge in [0.25, 0.3) is 0 Å². The van der Waals surface area contributed by atoms with Crippen molar-refractivity contribution in [2.24, 2.45) is 17.8 Å². The number of fused-ring (bicyclic) bond motifs is 3. The Balaban J connectivity index is 0.000000168. The molecule has 5 N–H and O–H groups in total. The standard InChI is InChI=1S/C28H39N3O2.C28H41N3O.C25H32N2O2.C3H9NO/c1-27(2)13-14-28(3,4)23-19-21(9-10-22(23)27)24-7-6-8-25(29-24)31-15-11-20(12-16-31)26(33)30(5)17-18-32;1-27(2)13-14-28(3,4)24-19-22(9-10-23(24)27)25-7-6-8-26(29-25)31-15-11-21(12-16-31)20-30(5)17-18-32;1-24(2)12-13-25(3,4)20-16-18(8-9-19(20)24)21-6-5-7-22(26-21)27-14-10-17(11-15-27)23(28)29;1-4-2-3-5/h6-10,19-20,32H,11-18H2,1-5H3;6-10,19,21,32H,11-18,20H2,1-5H3;5-9,16-17H,10-15H2,1-4H3,(H,28,29);4-5H,2-3H2,1H3. The van der Waals surface area contributed by atoms with Crippen molar-refractivity contribution >= 4 is 29.3 Å². The van der Waals surface area contributed by atoms with Crippen molar-refractivity contribution in [1.82, 2.24) is 30.1 Å². The predicted octanol–water partition coefficient (Wildman–Crippen LogP) is 14.6. The van der Waals surface area contributed by atoms with Gasteiger partial charge in [-0.3, -0.25) is 9.59 Å². The van der Waals surface area contributed by atoms with E-state index in [9.17, 15) is 14.7 Å². The second-order valence-corrected chi connectivity index (χ2v) is 33.3. The van der Waals surface area contributed by atoms with E-state index in [-0.39, 0.29) is 70.1 Å². The van der Waals surface area contributed by atoms with Crippen molar-refractivity contribution in [3.05, 3.63) is 143 Å². The molecule has 12 rings (SSSR count). The van der Waals surface area contributed by atoms with Crippen LogP contribution in [0.15, 0.2) is 109 Å². The van der Waals surface area contributed by atoms with E-state index < -0.39 is 5.97 Å². The smallest absolute Gasteiger partial charge is 0.306 e. The number of nitrogens with zero attached hydrogens (tertiary/aromatic N) is 8. The Kier molecular flexibility index (Phi) is 25.1. The van der Waals surface area contributed by atoms with Gasteiger partial charge in [-0.15, -0.1) is 0 Å². The van der Waals surface area contributed by atoms with E-state index >= 15 is 0 Å². The van der Waals surface area contributed by atoms with Crippen LogP contribution in [0.4, 0.5) is 17.5 Å². The number of likely N-dealkylation sites (N-methyl/N-ethyl adjacent to an activating group) is 3. The first kappa shape index (κ1) is 76.4. The number of aliphatic carboxylic acids is 1. The third-order valence-corrected chi connectivity index (χ3v) is 23.1. The molecular weight excluding hydrogens is 1230 g/mol. The summed E-state index contributed by atoms with van der Waals surface area (Å²) in [6, 6.07) is 39.8. The molecule has 3 aliphatic carbocycles. The molecule has 6 heterocycles. The number of anilines is 3. The first-order chi connectivity index (χ1) is 46.9. The molecule has 15 heteroatoms. The molecule has 3 fully saturated rings. The number of pyridine rings is 3. The van der Waals surface area contributed by atoms with E-state index in [1.54, 1.807) is 19.0 Å². The number of rotatable bonds is 16. The van der Waals surface area contributed by atoms with Gasteiger partial charge in [0, 0.05) is 95.1 Å². The third-order valence-electron chi connectivity index (χ3n) is 23.1. The maximum atomic E-state index is 12.6. The summed E-state index contributed by atoms with van der Waals surface area (Å²) in [5.74, 6) is 3.02. The molecule has 0 unspecified atom stereocenters. The Bertz CT molecular complexity index is 3660. The van der Waals surface area contributed by atoms with E-state index in [0.717, 1.165) is 105 Å². The Labute approximate surface area is 594 Å². The van der Waals surface area contributed by atoms with Crippen LogP contribution >= 0.6 is 0 Å². The van der Waals surface area contributed by atoms with Gasteiger partial charge in [-0.2, -0.15) is 0 Å². The lowest BCUT2D eigenvalue weighted by atomic mass is 9.63. The summed E-state index contributed by atoms with van der Waals surface area (Å²) in [5.41, 5.74) is 16.7. The molecule has 6 aromatic rings. The van der Waals surface area contributed by atoms with Crippen LogP contribution in [0.5, 0.6) is 0 Å². The van der Waals surface area contributed by atoms with Crippen LogP contribution < -0.4 is 20.0 Å². The number of hydrogen-bond donors (Lipinski definition) is 5. The lowest BCUT2D eigenvalue weighted by Crippen LogP contribution is -2.42. The van der Waals surface area contributed by atoms with Crippen molar-refractivity contribution in [1.29, 1.82) is 0 Å². The fourth-order valence-corrected chi connectivity index (χ4v) is 16.0. The molecule has 0 radical (unpaired) electrons. The fraction of sp³-hybridized carbons (Fsp3) is 0.583. The van der Waals surface area contributed by atoms with Crippen LogP contribution in [0.1, 0.15) is 194 Å². The second-order valence-electron chi connectivity index (χ2n) is 33.3. The zero-order valence-corrected chi connectivity index (χ0v) is 63.0. The number of aliphatic hydroxyl groups is 3. The summed E-state index contributed by atoms with van der Waals surface area (Å²) in [4.78, 5) is 49.7. The minimum Gasteiger partial charge on any atom is -0.481 e. The number of hydrogen-bond acceptors (Lipinski definition) is 13. The van der Waals surface area contributed by atoms with Crippen molar-refractivity contribution in [3.63, 3.8) is 0 Å². The van der Waals surface area contributed by atoms with Crippen molar-refractivity contribution in [3.8, 4) is 33.8 Å². The SMILES string of the molecule is CC1(C)CCC(C)(C)c2cc(-c3cccc(N4CCC(C(=O)O)CC4)n3)ccc21.CN(CCO)C(=O)C1CCN(c2cccc(-c3ccc4c(c3)C(C)(C)CCC4(C)C)n2)CC1.CN(CCO)CC1CCN(c2cccc(-c3ccc4c(c3)C(C)(C)CCC4(C)C)n2)CC1.CNCCO. The van der Waals surface area contributed by atoms with Gasteiger partial charge in [0.15, 0.2) is 0 Å². The molecule has 538 valence electrons. The summed E-state index contributed by atoms with van der Waals surface area (Å²) < 4.78 is 0. The maximum absolute atomic E-state index is 12.6. The van der Waals surface area contributed by atoms with Crippen molar-refractivity contribution in [2.75, 3.05) is 121 Å². The summed E-state index contributed by atoms with van der Waals surface area (Å²) >= 11 is 0. The molecule has 15 nitrogen and oxygen atoms in total. The zero-order chi connectivity index (χ0) is 71.7. The van der Waals surface area contributed by atoms with Gasteiger partial charge >= 0.3 is 5.97 Å². The minimum absolute atomic E-state index is 0.00910. The van der Waals surface area contributed by atoms with Crippen LogP contribution in [-0.2, 0) is 42.1 Å². The fourth-order valence-electron chi connectivity index (χ4n) is 16.0. The molecular formula is C84H121N9O6. The number of carboxylic acid groups (broad SMARTS) is 1. The number of carbonyl (C=O) groups is 2. The van der Waals surface area contributed by atoms with Crippen molar-refractivity contribution < 1.29 is 30.0 Å². The number of aromatic nitrogens is 3. The summed E-state index contributed by atoms with van der Waals surface area (Å²) in [5, 5.41) is 38.2. The lowest BCUT2D eigenvalue weighted by Gasteiger charge is -2.42. The minimum atomic E-state index is -0.675. The number of amides is 1. The van der Waals surface area contributed by atoms with Crippen LogP contribution in [0.25, 0.3) is 33.8 Å². The summed E-state index contributed by atoms with van der Waals surface area (Å²) in [6.07, 6.45) is 12.7. The zero-order valence-electron chi connectivity index (χ0n) is 63.0. The number of carbonyl (C=O) groups excluding carboxylic acids is 1. The van der Waals surface area contributed by atoms with Crippen molar-refractivity contribution in [2.45, 2.75) is 193 Å². The Morgan fingerprint density at radius 3 is 1.07 bits per heavy atom. The highest BCUT2D eigenvalue weighted by molar-refractivity contribution is 5.79. The third kappa shape index (κ3) is 18.7. The highest BCUT2D eigenvalue weighted by Gasteiger charge is 2.40. The number of benzene rings is 3. The first-order valence-electron chi connectivity index (χ1n) is 37.2. The van der Waals surface area contributed by atoms with Crippen LogP contribution in [-0.4, -0.2) is 163 Å². The largest absolute Gasteiger partial charge is 0.481 e. The lowest BCUT2D eigenvalue weighted by molar-refractivity contribution is -0.142. The number of carboxylic acids is 1. The number of aliphatic hydroxyl groups excluding tert-OH is 3. The normalized spacial score (nSPS) is 19.7. The Morgan fingerprint density at radius 2 is 0.768 bits per heavy atom. The van der Waals surface area contributed by atoms with Gasteiger partial charge in [0.05, 0.1) is 42.8 Å². The molecule has 0 bridgehead atoms. The topological polar surface area (TPSA) is 182 Å². The van der Waals surface area contributed by atoms with Gasteiger partial charge in [-0.1, -0.05) is 138 Å². The molecule has 0 atom stereocenters. The van der Waals surface area contributed by atoms with Crippen LogP contribution in [0.3, 0.4) is 0 Å². The Hall–Kier alpha value is -6.75. The van der Waals surface area contributed by atoms with E-state index in [2.05, 4.69) is 218 Å². The molecule has 3 aromatic heterocycles. The number of nitrogens with one attached hydrogen (secondary N) is 1. The maximum Gasteiger partial charge on any atom is 0.306 e. The second kappa shape index (κ2) is 32.5. The van der Waals surface area contributed by atoms with E-state index in [1.807, 2.05) is 6.07 Å². The van der Waals surface area contributed by atoms with E-state index in [1.165, 1.54) is 95.9 Å². The van der Waals surface area contributed by atoms with Gasteiger partial charge in [0.1, 0.15) is 17.5 Å². The molecule has 99 heavy (non-hydrogen) atoms. The van der Waals surface area contributed by atoms with Gasteiger partial charge in [-0.25, -0.2) is 15.0 Å². The predicted molar refractivity (Wildman–Crippen MR) is 408 cm³/mol. The summed E-state index contributed by atoms with van der Waals surface area (Å²) in [7, 11) is 5.68. The van der Waals surface area contributed by atoms with Gasteiger partial charge in [-0.05, 0) is 218 Å². The average Bonchev–Trinajstić information content (AvgIpc) is 0.765. The first-order valence-corrected chi connectivity index (χ1v) is 37.2. The molecule has 6 aliphatic rings. The monoisotopic (exact) mass is 1350 g/mol. The van der Waals surface area contributed by atoms with Crippen LogP contribution in [0, 0.1) is 17.8 Å². The molecule has 3 aliphatic heterocycles. The molecule has 3 saturated heterocycles. The Morgan fingerprint density at radius 1 is 0.444 bits per heavy atom. The highest BCUT2D eigenvalue weighted by atomic mass is 16.4. The van der Waals surface area contributed by atoms with Crippen LogP contribution in [0.2, 0.25) is 0 Å². The molecule has 1 amide bonds. The molecule has 3 aromatic carbocycles. The van der Waals surface area contributed by atoms with Gasteiger partial charge in [0.2, 0.25) is 5.91 Å². The van der Waals surface area contributed by atoms with E-state index in [0.29, 0.717) is 31.8 Å². The number of piperidine rings is 3. The summed E-state index contributed by atoms with van der Waals surface area (Å²) in [6.45, 7) is 37.0. The quantitative estimate of drug-likeness (QED) is 0.0617. The highest BCUT2D eigenvalue weighted by Crippen LogP contribution is 2.50.